The second-order valence-electron chi connectivity index (χ2n) is 4.44. The second kappa shape index (κ2) is 6.81. The Hall–Kier alpha value is -3.46. The lowest BCUT2D eigenvalue weighted by atomic mass is 10.2. The number of nitrogens with one attached hydrogen (secondary N) is 2. The van der Waals surface area contributed by atoms with E-state index in [0.717, 1.165) is 0 Å². The molecule has 0 radical (unpaired) electrons. The molecule has 0 bridgehead atoms. The SMILES string of the molecule is N#C/C(=C/Nc1ccc(N)cc1)C(=O)Nc1ccc(O)cc1. The molecular formula is C16H14N4O2. The first-order valence-corrected chi connectivity index (χ1v) is 6.41. The summed E-state index contributed by atoms with van der Waals surface area (Å²) in [4.78, 5) is 12.0. The Balaban J connectivity index is 2.05. The van der Waals surface area contributed by atoms with Crippen LogP contribution in [0.15, 0.2) is 60.3 Å². The van der Waals surface area contributed by atoms with E-state index in [9.17, 15) is 9.90 Å². The van der Waals surface area contributed by atoms with E-state index in [1.54, 1.807) is 24.3 Å². The van der Waals surface area contributed by atoms with Crippen molar-refractivity contribution in [2.75, 3.05) is 16.4 Å². The van der Waals surface area contributed by atoms with Gasteiger partial charge in [0.15, 0.2) is 0 Å². The Labute approximate surface area is 127 Å². The molecule has 0 atom stereocenters. The molecule has 22 heavy (non-hydrogen) atoms. The van der Waals surface area contributed by atoms with Gasteiger partial charge in [0, 0.05) is 23.3 Å². The van der Waals surface area contributed by atoms with E-state index in [4.69, 9.17) is 11.0 Å². The predicted molar refractivity (Wildman–Crippen MR) is 84.9 cm³/mol. The summed E-state index contributed by atoms with van der Waals surface area (Å²) in [6, 6.07) is 14.7. The Morgan fingerprint density at radius 3 is 2.27 bits per heavy atom. The van der Waals surface area contributed by atoms with Crippen LogP contribution in [0.1, 0.15) is 0 Å². The number of carbonyl (C=O) groups excluding carboxylic acids is 1. The van der Waals surface area contributed by atoms with Crippen LogP contribution in [0, 0.1) is 11.3 Å². The summed E-state index contributed by atoms with van der Waals surface area (Å²) < 4.78 is 0. The van der Waals surface area contributed by atoms with Gasteiger partial charge in [-0.25, -0.2) is 0 Å². The van der Waals surface area contributed by atoms with Crippen molar-refractivity contribution in [1.29, 1.82) is 5.26 Å². The van der Waals surface area contributed by atoms with Gasteiger partial charge in [-0.05, 0) is 48.5 Å². The van der Waals surface area contributed by atoms with Crippen LogP contribution in [-0.2, 0) is 4.79 Å². The number of nitriles is 1. The minimum Gasteiger partial charge on any atom is -0.508 e. The lowest BCUT2D eigenvalue weighted by molar-refractivity contribution is -0.112. The average Bonchev–Trinajstić information content (AvgIpc) is 2.52. The zero-order valence-electron chi connectivity index (χ0n) is 11.6. The minimum atomic E-state index is -0.545. The monoisotopic (exact) mass is 294 g/mol. The van der Waals surface area contributed by atoms with Gasteiger partial charge in [-0.2, -0.15) is 5.26 Å². The Kier molecular flexibility index (Phi) is 4.63. The highest BCUT2D eigenvalue weighted by Crippen LogP contribution is 2.15. The van der Waals surface area contributed by atoms with Crippen LogP contribution >= 0.6 is 0 Å². The maximum absolute atomic E-state index is 12.0. The number of nitrogens with two attached hydrogens (primary N) is 1. The second-order valence-corrected chi connectivity index (χ2v) is 4.44. The fourth-order valence-electron chi connectivity index (χ4n) is 1.63. The zero-order chi connectivity index (χ0) is 15.9. The van der Waals surface area contributed by atoms with Gasteiger partial charge in [0.05, 0.1) is 0 Å². The van der Waals surface area contributed by atoms with E-state index in [-0.39, 0.29) is 11.3 Å². The number of phenols is 1. The third-order valence-corrected chi connectivity index (χ3v) is 2.78. The summed E-state index contributed by atoms with van der Waals surface area (Å²) in [5, 5.41) is 23.7. The summed E-state index contributed by atoms with van der Waals surface area (Å²) >= 11 is 0. The molecule has 0 aromatic heterocycles. The van der Waals surface area contributed by atoms with Crippen LogP contribution in [0.25, 0.3) is 0 Å². The molecule has 0 aliphatic rings. The van der Waals surface area contributed by atoms with Crippen molar-refractivity contribution in [3.8, 4) is 11.8 Å². The van der Waals surface area contributed by atoms with E-state index in [0.29, 0.717) is 17.1 Å². The van der Waals surface area contributed by atoms with Crippen LogP contribution < -0.4 is 16.4 Å². The van der Waals surface area contributed by atoms with Crippen LogP contribution in [0.3, 0.4) is 0 Å². The molecule has 0 aliphatic carbocycles. The van der Waals surface area contributed by atoms with Crippen molar-refractivity contribution in [1.82, 2.24) is 0 Å². The zero-order valence-corrected chi connectivity index (χ0v) is 11.6. The molecule has 110 valence electrons. The number of nitrogen functional groups attached to an aromatic ring is 1. The van der Waals surface area contributed by atoms with Crippen LogP contribution in [0.5, 0.6) is 5.75 Å². The molecular weight excluding hydrogens is 280 g/mol. The van der Waals surface area contributed by atoms with Crippen molar-refractivity contribution in [2.24, 2.45) is 0 Å². The largest absolute Gasteiger partial charge is 0.508 e. The summed E-state index contributed by atoms with van der Waals surface area (Å²) in [5.74, 6) is -0.449. The number of anilines is 3. The first-order chi connectivity index (χ1) is 10.6. The van der Waals surface area contributed by atoms with E-state index < -0.39 is 5.91 Å². The summed E-state index contributed by atoms with van der Waals surface area (Å²) in [6.45, 7) is 0. The molecule has 0 saturated carbocycles. The molecule has 1 amide bonds. The van der Waals surface area contributed by atoms with E-state index >= 15 is 0 Å². The Bertz CT molecular complexity index is 728. The van der Waals surface area contributed by atoms with Gasteiger partial charge in [0.1, 0.15) is 17.4 Å². The molecule has 0 unspecified atom stereocenters. The predicted octanol–water partition coefficient (Wildman–Crippen LogP) is 2.43. The normalized spacial score (nSPS) is 10.6. The molecule has 0 spiro atoms. The Morgan fingerprint density at radius 1 is 1.09 bits per heavy atom. The molecule has 0 aliphatic heterocycles. The number of benzene rings is 2. The lowest BCUT2D eigenvalue weighted by Crippen LogP contribution is -2.14. The van der Waals surface area contributed by atoms with E-state index in [1.807, 2.05) is 6.07 Å². The number of rotatable bonds is 4. The smallest absolute Gasteiger partial charge is 0.267 e. The van der Waals surface area contributed by atoms with Crippen LogP contribution in [0.2, 0.25) is 0 Å². The molecule has 5 N–H and O–H groups in total. The highest BCUT2D eigenvalue weighted by Gasteiger charge is 2.09. The van der Waals surface area contributed by atoms with Gasteiger partial charge in [-0.1, -0.05) is 0 Å². The van der Waals surface area contributed by atoms with Crippen molar-refractivity contribution in [3.05, 3.63) is 60.3 Å². The van der Waals surface area contributed by atoms with Crippen molar-refractivity contribution in [3.63, 3.8) is 0 Å². The van der Waals surface area contributed by atoms with Gasteiger partial charge < -0.3 is 21.5 Å². The van der Waals surface area contributed by atoms with Gasteiger partial charge in [-0.3, -0.25) is 4.79 Å². The van der Waals surface area contributed by atoms with Crippen molar-refractivity contribution >= 4 is 23.0 Å². The van der Waals surface area contributed by atoms with Gasteiger partial charge in [0.2, 0.25) is 0 Å². The fourth-order valence-corrected chi connectivity index (χ4v) is 1.63. The molecule has 0 saturated heterocycles. The molecule has 0 heterocycles. The fraction of sp³-hybridized carbons (Fsp3) is 0. The number of phenolic OH excluding ortho intramolecular Hbond substituents is 1. The lowest BCUT2D eigenvalue weighted by Gasteiger charge is -2.05. The standard InChI is InChI=1S/C16H14N4O2/c17-9-11(10-19-13-3-1-12(18)2-4-13)16(22)20-14-5-7-15(21)8-6-14/h1-8,10,19,21H,18H2,(H,20,22)/b11-10-. The molecule has 6 nitrogen and oxygen atoms in total. The average molecular weight is 294 g/mol. The quantitative estimate of drug-likeness (QED) is 0.299. The topological polar surface area (TPSA) is 111 Å². The molecule has 6 heteroatoms. The first kappa shape index (κ1) is 14.9. The van der Waals surface area contributed by atoms with Crippen molar-refractivity contribution in [2.45, 2.75) is 0 Å². The molecule has 2 aromatic rings. The first-order valence-electron chi connectivity index (χ1n) is 6.41. The van der Waals surface area contributed by atoms with E-state index in [1.165, 1.54) is 30.5 Å². The summed E-state index contributed by atoms with van der Waals surface area (Å²) in [7, 11) is 0. The minimum absolute atomic E-state index is 0.0788. The number of amides is 1. The number of nitrogens with zero attached hydrogens (tertiary/aromatic N) is 1. The molecule has 2 aromatic carbocycles. The highest BCUT2D eigenvalue weighted by atomic mass is 16.3. The van der Waals surface area contributed by atoms with Gasteiger partial charge in [0.25, 0.3) is 5.91 Å². The number of carbonyl (C=O) groups is 1. The number of aromatic hydroxyl groups is 1. The number of hydrogen-bond donors (Lipinski definition) is 4. The third-order valence-electron chi connectivity index (χ3n) is 2.78. The van der Waals surface area contributed by atoms with Gasteiger partial charge >= 0.3 is 0 Å². The van der Waals surface area contributed by atoms with E-state index in [2.05, 4.69) is 10.6 Å². The summed E-state index contributed by atoms with van der Waals surface area (Å²) in [5.41, 5.74) is 7.31. The summed E-state index contributed by atoms with van der Waals surface area (Å²) in [6.07, 6.45) is 1.32. The van der Waals surface area contributed by atoms with Gasteiger partial charge in [-0.15, -0.1) is 0 Å². The highest BCUT2D eigenvalue weighted by molar-refractivity contribution is 6.06. The van der Waals surface area contributed by atoms with Crippen molar-refractivity contribution < 1.29 is 9.90 Å². The van der Waals surface area contributed by atoms with Crippen LogP contribution in [0.4, 0.5) is 17.1 Å². The number of hydrogen-bond acceptors (Lipinski definition) is 5. The maximum Gasteiger partial charge on any atom is 0.267 e. The Morgan fingerprint density at radius 2 is 1.68 bits per heavy atom. The molecule has 0 fully saturated rings. The molecule has 2 rings (SSSR count). The third kappa shape index (κ3) is 4.02. The maximum atomic E-state index is 12.0. The van der Waals surface area contributed by atoms with Crippen LogP contribution in [-0.4, -0.2) is 11.0 Å².